The molecule has 164 valence electrons. The van der Waals surface area contributed by atoms with Gasteiger partial charge in [-0.25, -0.2) is 8.42 Å². The maximum atomic E-state index is 13.3. The van der Waals surface area contributed by atoms with Gasteiger partial charge in [0, 0.05) is 29.9 Å². The number of amides is 1. The predicted molar refractivity (Wildman–Crippen MR) is 123 cm³/mol. The highest BCUT2D eigenvalue weighted by atomic mass is 32.2. The molecule has 1 fully saturated rings. The van der Waals surface area contributed by atoms with Crippen LogP contribution in [0.5, 0.6) is 5.75 Å². The second kappa shape index (κ2) is 9.38. The summed E-state index contributed by atoms with van der Waals surface area (Å²) in [6, 6.07) is 12.6. The molecule has 0 aliphatic carbocycles. The standard InChI is InChI=1S/C23H26N2O4S2/c1-29-20-11-10-17(14-22(20)31(27,28)25-12-6-2-3-7-13-25)23(26)24-15-18-16-30-21-9-5-4-8-19(18)21/h4-5,8-11,14,16H,2-3,6-7,12-13,15H2,1H3,(H,24,26). The van der Waals surface area contributed by atoms with Crippen molar-refractivity contribution in [2.45, 2.75) is 37.1 Å². The van der Waals surface area contributed by atoms with E-state index in [4.69, 9.17) is 4.74 Å². The maximum absolute atomic E-state index is 13.3. The van der Waals surface area contributed by atoms with Crippen molar-refractivity contribution in [3.63, 3.8) is 0 Å². The average molecular weight is 459 g/mol. The molecule has 31 heavy (non-hydrogen) atoms. The number of benzene rings is 2. The number of fused-ring (bicyclic) bond motifs is 1. The van der Waals surface area contributed by atoms with Crippen LogP contribution in [0.15, 0.2) is 52.7 Å². The second-order valence-corrected chi connectivity index (χ2v) is 10.4. The summed E-state index contributed by atoms with van der Waals surface area (Å²) in [4.78, 5) is 12.9. The number of hydrogen-bond donors (Lipinski definition) is 1. The Bertz CT molecular complexity index is 1180. The summed E-state index contributed by atoms with van der Waals surface area (Å²) in [5.41, 5.74) is 1.34. The number of thiophene rings is 1. The molecule has 0 bridgehead atoms. The van der Waals surface area contributed by atoms with Crippen molar-refractivity contribution in [1.82, 2.24) is 9.62 Å². The van der Waals surface area contributed by atoms with Crippen molar-refractivity contribution < 1.29 is 17.9 Å². The first-order valence-corrected chi connectivity index (χ1v) is 12.7. The highest BCUT2D eigenvalue weighted by molar-refractivity contribution is 7.89. The van der Waals surface area contributed by atoms with Crippen molar-refractivity contribution in [3.05, 3.63) is 59.0 Å². The number of carbonyl (C=O) groups excluding carboxylic acids is 1. The van der Waals surface area contributed by atoms with Gasteiger partial charge < -0.3 is 10.1 Å². The van der Waals surface area contributed by atoms with Gasteiger partial charge in [-0.15, -0.1) is 11.3 Å². The number of sulfonamides is 1. The minimum atomic E-state index is -3.74. The Kier molecular flexibility index (Phi) is 6.60. The number of hydrogen-bond acceptors (Lipinski definition) is 5. The summed E-state index contributed by atoms with van der Waals surface area (Å²) in [5.74, 6) is -0.0603. The van der Waals surface area contributed by atoms with Gasteiger partial charge in [0.15, 0.2) is 0 Å². The van der Waals surface area contributed by atoms with Gasteiger partial charge >= 0.3 is 0 Å². The van der Waals surface area contributed by atoms with Gasteiger partial charge in [0.25, 0.3) is 5.91 Å². The van der Waals surface area contributed by atoms with Gasteiger partial charge in [-0.1, -0.05) is 31.0 Å². The molecule has 0 atom stereocenters. The summed E-state index contributed by atoms with van der Waals surface area (Å²) in [6.45, 7) is 1.36. The van der Waals surface area contributed by atoms with E-state index in [1.165, 1.54) is 22.2 Å². The van der Waals surface area contributed by atoms with Gasteiger partial charge in [0.05, 0.1) is 7.11 Å². The van der Waals surface area contributed by atoms with E-state index in [0.717, 1.165) is 36.6 Å². The van der Waals surface area contributed by atoms with Crippen molar-refractivity contribution in [3.8, 4) is 5.75 Å². The number of ether oxygens (including phenoxy) is 1. The monoisotopic (exact) mass is 458 g/mol. The number of nitrogens with one attached hydrogen (secondary N) is 1. The number of carbonyl (C=O) groups is 1. The SMILES string of the molecule is COc1ccc(C(=O)NCc2csc3ccccc23)cc1S(=O)(=O)N1CCCCCC1. The van der Waals surface area contributed by atoms with E-state index in [-0.39, 0.29) is 16.6 Å². The maximum Gasteiger partial charge on any atom is 0.251 e. The molecule has 2 heterocycles. The molecule has 1 amide bonds. The smallest absolute Gasteiger partial charge is 0.251 e. The minimum Gasteiger partial charge on any atom is -0.495 e. The summed E-state index contributed by atoms with van der Waals surface area (Å²) in [7, 11) is -2.30. The molecule has 8 heteroatoms. The van der Waals surface area contributed by atoms with E-state index < -0.39 is 10.0 Å². The molecule has 0 saturated carbocycles. The topological polar surface area (TPSA) is 75.7 Å². The fourth-order valence-corrected chi connectivity index (χ4v) is 6.55. The van der Waals surface area contributed by atoms with Crippen molar-refractivity contribution in [1.29, 1.82) is 0 Å². The van der Waals surface area contributed by atoms with E-state index >= 15 is 0 Å². The molecule has 1 aliphatic rings. The Labute approximate surface area is 186 Å². The summed E-state index contributed by atoms with van der Waals surface area (Å²) >= 11 is 1.64. The first-order chi connectivity index (χ1) is 15.0. The Morgan fingerprint density at radius 1 is 1.10 bits per heavy atom. The largest absolute Gasteiger partial charge is 0.495 e. The fraction of sp³-hybridized carbons (Fsp3) is 0.348. The molecule has 1 saturated heterocycles. The molecule has 1 aliphatic heterocycles. The van der Waals surface area contributed by atoms with Gasteiger partial charge in [-0.05, 0) is 53.4 Å². The van der Waals surface area contributed by atoms with E-state index in [1.54, 1.807) is 23.5 Å². The van der Waals surface area contributed by atoms with E-state index in [2.05, 4.69) is 11.4 Å². The van der Waals surface area contributed by atoms with Crippen molar-refractivity contribution >= 4 is 37.4 Å². The van der Waals surface area contributed by atoms with E-state index in [1.807, 2.05) is 23.6 Å². The number of nitrogens with zero attached hydrogens (tertiary/aromatic N) is 1. The third kappa shape index (κ3) is 4.61. The fourth-order valence-electron chi connectivity index (χ4n) is 3.89. The van der Waals surface area contributed by atoms with Crippen molar-refractivity contribution in [2.24, 2.45) is 0 Å². The third-order valence-electron chi connectivity index (χ3n) is 5.61. The van der Waals surface area contributed by atoms with Crippen LogP contribution < -0.4 is 10.1 Å². The molecule has 1 N–H and O–H groups in total. The van der Waals surface area contributed by atoms with E-state index in [0.29, 0.717) is 25.2 Å². The molecular weight excluding hydrogens is 432 g/mol. The number of methoxy groups -OCH3 is 1. The Morgan fingerprint density at radius 3 is 2.58 bits per heavy atom. The Balaban J connectivity index is 1.56. The lowest BCUT2D eigenvalue weighted by Crippen LogP contribution is -2.32. The van der Waals surface area contributed by atoms with Crippen LogP contribution in [0, 0.1) is 0 Å². The van der Waals surface area contributed by atoms with Crippen molar-refractivity contribution in [2.75, 3.05) is 20.2 Å². The van der Waals surface area contributed by atoms with Crippen LogP contribution in [0.3, 0.4) is 0 Å². The third-order valence-corrected chi connectivity index (χ3v) is 8.54. The molecule has 3 aromatic rings. The predicted octanol–water partition coefficient (Wildman–Crippen LogP) is 4.40. The van der Waals surface area contributed by atoms with Crippen LogP contribution >= 0.6 is 11.3 Å². The first-order valence-electron chi connectivity index (χ1n) is 10.4. The molecule has 0 radical (unpaired) electrons. The van der Waals surface area contributed by atoms with Crippen LogP contribution in [0.1, 0.15) is 41.6 Å². The van der Waals surface area contributed by atoms with Crippen LogP contribution in [0.4, 0.5) is 0 Å². The van der Waals surface area contributed by atoms with Gasteiger partial charge in [0.2, 0.25) is 10.0 Å². The van der Waals surface area contributed by atoms with Crippen LogP contribution in [0.2, 0.25) is 0 Å². The van der Waals surface area contributed by atoms with Gasteiger partial charge in [0.1, 0.15) is 10.6 Å². The first kappa shape index (κ1) is 21.8. The summed E-state index contributed by atoms with van der Waals surface area (Å²) in [5, 5.41) is 6.07. The molecular formula is C23H26N2O4S2. The lowest BCUT2D eigenvalue weighted by atomic mass is 10.1. The molecule has 4 rings (SSSR count). The Morgan fingerprint density at radius 2 is 1.84 bits per heavy atom. The average Bonchev–Trinajstić information content (AvgIpc) is 3.00. The zero-order valence-corrected chi connectivity index (χ0v) is 19.1. The Hall–Kier alpha value is -2.42. The van der Waals surface area contributed by atoms with Gasteiger partial charge in [-0.2, -0.15) is 4.31 Å². The zero-order valence-electron chi connectivity index (χ0n) is 17.5. The lowest BCUT2D eigenvalue weighted by molar-refractivity contribution is 0.0951. The quantitative estimate of drug-likeness (QED) is 0.594. The molecule has 2 aromatic carbocycles. The molecule has 0 spiro atoms. The second-order valence-electron chi connectivity index (χ2n) is 7.62. The normalized spacial score (nSPS) is 15.5. The van der Waals surface area contributed by atoms with Crippen LogP contribution in [0.25, 0.3) is 10.1 Å². The molecule has 0 unspecified atom stereocenters. The molecule has 6 nitrogen and oxygen atoms in total. The highest BCUT2D eigenvalue weighted by Gasteiger charge is 2.29. The van der Waals surface area contributed by atoms with Gasteiger partial charge in [-0.3, -0.25) is 4.79 Å². The van der Waals surface area contributed by atoms with Crippen LogP contribution in [-0.4, -0.2) is 38.8 Å². The van der Waals surface area contributed by atoms with Crippen LogP contribution in [-0.2, 0) is 16.6 Å². The zero-order chi connectivity index (χ0) is 21.8. The van der Waals surface area contributed by atoms with E-state index in [9.17, 15) is 13.2 Å². The molecule has 1 aromatic heterocycles. The highest BCUT2D eigenvalue weighted by Crippen LogP contribution is 2.30. The number of rotatable bonds is 6. The minimum absolute atomic E-state index is 0.0468. The lowest BCUT2D eigenvalue weighted by Gasteiger charge is -2.21. The summed E-state index contributed by atoms with van der Waals surface area (Å²) < 4.78 is 34.6. The summed E-state index contributed by atoms with van der Waals surface area (Å²) in [6.07, 6.45) is 3.75.